The highest BCUT2D eigenvalue weighted by Gasteiger charge is 2.18. The molecule has 53 heavy (non-hydrogen) atoms. The average molecular weight is 673 g/mol. The van der Waals surface area contributed by atoms with Crippen LogP contribution in [0.4, 0.5) is 0 Å². The van der Waals surface area contributed by atoms with E-state index < -0.39 is 0 Å². The highest BCUT2D eigenvalue weighted by Crippen LogP contribution is 2.41. The number of benzene rings is 9. The molecule has 0 N–H and O–H groups in total. The minimum Gasteiger partial charge on any atom is -0.308 e. The second-order valence-electron chi connectivity index (χ2n) is 14.0. The van der Waals surface area contributed by atoms with E-state index in [1.54, 1.807) is 0 Å². The molecule has 0 amide bonds. The summed E-state index contributed by atoms with van der Waals surface area (Å²) in [6.45, 7) is 0. The van der Waals surface area contributed by atoms with Crippen LogP contribution in [0.25, 0.3) is 104 Å². The van der Waals surface area contributed by atoms with Gasteiger partial charge >= 0.3 is 0 Å². The first-order chi connectivity index (χ1) is 26.3. The first kappa shape index (κ1) is 29.7. The van der Waals surface area contributed by atoms with Crippen molar-refractivity contribution in [1.82, 2.24) is 9.55 Å². The second-order valence-corrected chi connectivity index (χ2v) is 14.0. The summed E-state index contributed by atoms with van der Waals surface area (Å²) in [6, 6.07) is 66.7. The van der Waals surface area contributed by atoms with Gasteiger partial charge in [0.05, 0.1) is 16.7 Å². The van der Waals surface area contributed by atoms with Crippen LogP contribution in [0.3, 0.4) is 0 Å². The van der Waals surface area contributed by atoms with Crippen LogP contribution in [-0.2, 0) is 0 Å². The zero-order chi connectivity index (χ0) is 34.9. The van der Waals surface area contributed by atoms with E-state index in [9.17, 15) is 0 Å². The van der Waals surface area contributed by atoms with E-state index >= 15 is 0 Å². The molecule has 2 nitrogen and oxygen atoms in total. The van der Waals surface area contributed by atoms with Gasteiger partial charge in [-0.15, -0.1) is 0 Å². The predicted molar refractivity (Wildman–Crippen MR) is 225 cm³/mol. The number of pyridine rings is 1. The van der Waals surface area contributed by atoms with Crippen LogP contribution < -0.4 is 0 Å². The van der Waals surface area contributed by atoms with Crippen molar-refractivity contribution in [2.45, 2.75) is 0 Å². The zero-order valence-electron chi connectivity index (χ0n) is 28.9. The van der Waals surface area contributed by atoms with E-state index in [0.29, 0.717) is 0 Å². The van der Waals surface area contributed by atoms with Gasteiger partial charge in [0.2, 0.25) is 0 Å². The fourth-order valence-electron chi connectivity index (χ4n) is 8.52. The lowest BCUT2D eigenvalue weighted by Gasteiger charge is -2.14. The number of aromatic nitrogens is 2. The van der Waals surface area contributed by atoms with Crippen molar-refractivity contribution in [3.8, 4) is 39.1 Å². The van der Waals surface area contributed by atoms with Gasteiger partial charge in [-0.1, -0.05) is 152 Å². The lowest BCUT2D eigenvalue weighted by atomic mass is 9.92. The van der Waals surface area contributed by atoms with Crippen molar-refractivity contribution in [3.05, 3.63) is 194 Å². The van der Waals surface area contributed by atoms with Crippen LogP contribution in [-0.4, -0.2) is 9.55 Å². The van der Waals surface area contributed by atoms with Crippen LogP contribution in [0.2, 0.25) is 0 Å². The Labute approximate surface area is 306 Å². The summed E-state index contributed by atoms with van der Waals surface area (Å²) >= 11 is 0. The Kier molecular flexibility index (Phi) is 6.59. The van der Waals surface area contributed by atoms with Crippen LogP contribution in [0, 0.1) is 0 Å². The molecule has 0 unspecified atom stereocenters. The monoisotopic (exact) mass is 672 g/mol. The van der Waals surface area contributed by atoms with Crippen molar-refractivity contribution in [2.75, 3.05) is 0 Å². The minimum atomic E-state index is 1.11. The van der Waals surface area contributed by atoms with E-state index in [0.717, 1.165) is 11.1 Å². The van der Waals surface area contributed by atoms with Crippen LogP contribution in [0.5, 0.6) is 0 Å². The molecule has 0 aliphatic carbocycles. The van der Waals surface area contributed by atoms with Crippen LogP contribution >= 0.6 is 0 Å². The third kappa shape index (κ3) is 4.70. The molecular formula is C51H32N2. The number of fused-ring (bicyclic) bond motifs is 9. The number of nitrogens with zero attached hydrogens (tertiary/aromatic N) is 2. The molecule has 11 aromatic rings. The van der Waals surface area contributed by atoms with Crippen LogP contribution in [0.15, 0.2) is 194 Å². The lowest BCUT2D eigenvalue weighted by molar-refractivity contribution is 1.20. The molecule has 2 aromatic heterocycles. The van der Waals surface area contributed by atoms with E-state index in [2.05, 4.69) is 185 Å². The predicted octanol–water partition coefficient (Wildman–Crippen LogP) is 13.8. The van der Waals surface area contributed by atoms with E-state index in [1.165, 1.54) is 92.8 Å². The zero-order valence-corrected chi connectivity index (χ0v) is 28.9. The van der Waals surface area contributed by atoms with E-state index in [-0.39, 0.29) is 0 Å². The third-order valence-electron chi connectivity index (χ3n) is 11.0. The van der Waals surface area contributed by atoms with E-state index in [4.69, 9.17) is 0 Å². The first-order valence-corrected chi connectivity index (χ1v) is 18.2. The molecule has 11 rings (SSSR count). The summed E-state index contributed by atoms with van der Waals surface area (Å²) in [7, 11) is 0. The van der Waals surface area contributed by atoms with Crippen molar-refractivity contribution >= 4 is 64.9 Å². The fraction of sp³-hybridized carbons (Fsp3) is 0. The number of rotatable bonds is 4. The molecule has 9 aromatic carbocycles. The Morgan fingerprint density at radius 1 is 0.340 bits per heavy atom. The standard InChI is InChI=1S/C51H32N2/c1-4-14-42-34(9-1)11-7-17-49(42)53-50-31-37(40-12-8-28-52-32-40)23-26-46(50)47-27-24-39-29-36(22-25-43(39)51(47)53)33-18-20-35(21-19-33)48-30-38-10-2-3-13-41(38)44-15-5-6-16-45(44)48/h1-32H. The first-order valence-electron chi connectivity index (χ1n) is 18.2. The molecule has 0 fully saturated rings. The average Bonchev–Trinajstić information content (AvgIpc) is 3.57. The quantitative estimate of drug-likeness (QED) is 0.170. The minimum absolute atomic E-state index is 1.11. The molecule has 0 saturated heterocycles. The fourth-order valence-corrected chi connectivity index (χ4v) is 8.52. The molecule has 2 heteroatoms. The lowest BCUT2D eigenvalue weighted by Crippen LogP contribution is -1.96. The third-order valence-corrected chi connectivity index (χ3v) is 11.0. The van der Waals surface area contributed by atoms with Crippen LogP contribution in [0.1, 0.15) is 0 Å². The summed E-state index contributed by atoms with van der Waals surface area (Å²) in [5.41, 5.74) is 10.8. The van der Waals surface area contributed by atoms with Gasteiger partial charge in [0, 0.05) is 39.5 Å². The van der Waals surface area contributed by atoms with Crippen molar-refractivity contribution < 1.29 is 0 Å². The summed E-state index contributed by atoms with van der Waals surface area (Å²) in [5, 5.41) is 12.5. The summed E-state index contributed by atoms with van der Waals surface area (Å²) in [5.74, 6) is 0. The van der Waals surface area contributed by atoms with Gasteiger partial charge in [-0.25, -0.2) is 0 Å². The molecule has 0 spiro atoms. The number of hydrogen-bond acceptors (Lipinski definition) is 1. The van der Waals surface area contributed by atoms with Crippen molar-refractivity contribution in [3.63, 3.8) is 0 Å². The Morgan fingerprint density at radius 3 is 1.81 bits per heavy atom. The summed E-state index contributed by atoms with van der Waals surface area (Å²) in [4.78, 5) is 4.42. The Bertz CT molecular complexity index is 3200. The largest absolute Gasteiger partial charge is 0.308 e. The molecule has 0 atom stereocenters. The van der Waals surface area contributed by atoms with Gasteiger partial charge in [-0.2, -0.15) is 0 Å². The second kappa shape index (κ2) is 11.8. The SMILES string of the molecule is c1cncc(-c2ccc3c4ccc5cc(-c6ccc(-c7cc8ccccc8c8ccccc78)cc6)ccc5c4n(-c4cccc5ccccc45)c3c2)c1. The maximum absolute atomic E-state index is 4.42. The molecule has 0 aliphatic rings. The molecular weight excluding hydrogens is 641 g/mol. The summed E-state index contributed by atoms with van der Waals surface area (Å²) < 4.78 is 2.48. The topological polar surface area (TPSA) is 17.8 Å². The molecule has 0 aliphatic heterocycles. The Morgan fingerprint density at radius 2 is 0.981 bits per heavy atom. The normalized spacial score (nSPS) is 11.8. The van der Waals surface area contributed by atoms with Crippen molar-refractivity contribution in [2.24, 2.45) is 0 Å². The van der Waals surface area contributed by atoms with E-state index in [1.807, 2.05) is 18.5 Å². The highest BCUT2D eigenvalue weighted by atomic mass is 15.0. The molecule has 2 heterocycles. The van der Waals surface area contributed by atoms with Gasteiger partial charge < -0.3 is 4.57 Å². The molecule has 0 radical (unpaired) electrons. The molecule has 0 saturated carbocycles. The smallest absolute Gasteiger partial charge is 0.0619 e. The van der Waals surface area contributed by atoms with Gasteiger partial charge in [0.1, 0.15) is 0 Å². The van der Waals surface area contributed by atoms with Gasteiger partial charge in [-0.3, -0.25) is 4.98 Å². The maximum atomic E-state index is 4.42. The van der Waals surface area contributed by atoms with Gasteiger partial charge in [-0.05, 0) is 90.5 Å². The van der Waals surface area contributed by atoms with Crippen molar-refractivity contribution in [1.29, 1.82) is 0 Å². The summed E-state index contributed by atoms with van der Waals surface area (Å²) in [6.07, 6.45) is 3.77. The number of hydrogen-bond donors (Lipinski definition) is 0. The maximum Gasteiger partial charge on any atom is 0.0619 e. The molecule has 0 bridgehead atoms. The van der Waals surface area contributed by atoms with Gasteiger partial charge in [0.15, 0.2) is 0 Å². The highest BCUT2D eigenvalue weighted by molar-refractivity contribution is 6.20. The molecule has 246 valence electrons. The Balaban J connectivity index is 1.08. The Hall–Kier alpha value is -7.03. The van der Waals surface area contributed by atoms with Gasteiger partial charge in [0.25, 0.3) is 0 Å².